The summed E-state index contributed by atoms with van der Waals surface area (Å²) in [6, 6.07) is 7.91. The molecule has 0 aromatic heterocycles. The highest BCUT2D eigenvalue weighted by Gasteiger charge is 2.18. The molecule has 1 heterocycles. The molecule has 1 N–H and O–H groups in total. The Hall–Kier alpha value is -1.59. The van der Waals surface area contributed by atoms with Crippen molar-refractivity contribution in [2.45, 2.75) is 25.7 Å². The molecule has 1 saturated heterocycles. The average molecular weight is 320 g/mol. The summed E-state index contributed by atoms with van der Waals surface area (Å²) in [7, 11) is 1.65. The fourth-order valence-electron chi connectivity index (χ4n) is 2.94. The molecule has 0 atom stereocenters. The van der Waals surface area contributed by atoms with Crippen molar-refractivity contribution in [3.63, 3.8) is 0 Å². The lowest BCUT2D eigenvalue weighted by atomic mass is 10.1. The zero-order valence-electron chi connectivity index (χ0n) is 14.0. The molecule has 0 radical (unpaired) electrons. The molecule has 23 heavy (non-hydrogen) atoms. The third kappa shape index (κ3) is 5.84. The normalized spacial score (nSPS) is 16.2. The zero-order valence-corrected chi connectivity index (χ0v) is 14.0. The summed E-state index contributed by atoms with van der Waals surface area (Å²) in [5.74, 6) is 1.08. The number of hydrogen-bond donors (Lipinski definition) is 1. The highest BCUT2D eigenvalue weighted by molar-refractivity contribution is 5.76. The number of benzene rings is 1. The summed E-state index contributed by atoms with van der Waals surface area (Å²) >= 11 is 0. The molecule has 128 valence electrons. The standard InChI is InChI=1S/C18H28N2O3/c1-23-17-7-4-16(5-8-17)6-9-18(22)20-12-2-10-19(13-14-20)11-3-15-21/h4-5,7-8,21H,2-3,6,9-15H2,1H3. The number of amides is 1. The Labute approximate surface area is 138 Å². The van der Waals surface area contributed by atoms with Gasteiger partial charge in [0.05, 0.1) is 7.11 Å². The van der Waals surface area contributed by atoms with Crippen LogP contribution in [-0.2, 0) is 11.2 Å². The molecular formula is C18H28N2O3. The van der Waals surface area contributed by atoms with E-state index >= 15 is 0 Å². The minimum atomic E-state index is 0.237. The van der Waals surface area contributed by atoms with Gasteiger partial charge in [0.15, 0.2) is 0 Å². The van der Waals surface area contributed by atoms with E-state index in [4.69, 9.17) is 9.84 Å². The van der Waals surface area contributed by atoms with Crippen molar-refractivity contribution in [3.8, 4) is 5.75 Å². The van der Waals surface area contributed by atoms with Gasteiger partial charge in [-0.1, -0.05) is 12.1 Å². The minimum absolute atomic E-state index is 0.237. The summed E-state index contributed by atoms with van der Waals surface area (Å²) < 4.78 is 5.15. The third-order valence-electron chi connectivity index (χ3n) is 4.36. The van der Waals surface area contributed by atoms with Crippen molar-refractivity contribution < 1.29 is 14.6 Å². The first kappa shape index (κ1) is 17.8. The van der Waals surface area contributed by atoms with E-state index in [9.17, 15) is 4.79 Å². The molecule has 1 aliphatic heterocycles. The fraction of sp³-hybridized carbons (Fsp3) is 0.611. The number of rotatable bonds is 7. The van der Waals surface area contributed by atoms with Crippen LogP contribution >= 0.6 is 0 Å². The van der Waals surface area contributed by atoms with Gasteiger partial charge in [0, 0.05) is 39.2 Å². The Morgan fingerprint density at radius 1 is 1.17 bits per heavy atom. The van der Waals surface area contributed by atoms with Crippen molar-refractivity contribution >= 4 is 5.91 Å². The number of aliphatic hydroxyl groups excluding tert-OH is 1. The quantitative estimate of drug-likeness (QED) is 0.828. The van der Waals surface area contributed by atoms with E-state index in [1.54, 1.807) is 7.11 Å². The Bertz CT molecular complexity index is 476. The summed E-state index contributed by atoms with van der Waals surface area (Å²) in [6.45, 7) is 4.73. The molecule has 0 unspecified atom stereocenters. The van der Waals surface area contributed by atoms with Gasteiger partial charge in [-0.15, -0.1) is 0 Å². The van der Waals surface area contributed by atoms with Crippen molar-refractivity contribution in [3.05, 3.63) is 29.8 Å². The number of nitrogens with zero attached hydrogens (tertiary/aromatic N) is 2. The van der Waals surface area contributed by atoms with E-state index in [1.807, 2.05) is 29.2 Å². The first-order valence-corrected chi connectivity index (χ1v) is 8.47. The van der Waals surface area contributed by atoms with E-state index in [1.165, 1.54) is 5.56 Å². The van der Waals surface area contributed by atoms with Crippen LogP contribution < -0.4 is 4.74 Å². The highest BCUT2D eigenvalue weighted by Crippen LogP contribution is 2.13. The molecule has 5 nitrogen and oxygen atoms in total. The first-order chi connectivity index (χ1) is 11.2. The number of aryl methyl sites for hydroxylation is 1. The molecule has 5 heteroatoms. The molecule has 1 amide bonds. The van der Waals surface area contributed by atoms with Crippen LogP contribution in [-0.4, -0.2) is 67.3 Å². The largest absolute Gasteiger partial charge is 0.497 e. The second kappa shape index (κ2) is 9.53. The van der Waals surface area contributed by atoms with Gasteiger partial charge in [-0.25, -0.2) is 0 Å². The predicted molar refractivity (Wildman–Crippen MR) is 90.7 cm³/mol. The Balaban J connectivity index is 1.76. The van der Waals surface area contributed by atoms with Gasteiger partial charge in [0.25, 0.3) is 0 Å². The lowest BCUT2D eigenvalue weighted by molar-refractivity contribution is -0.131. The molecule has 0 aliphatic carbocycles. The number of carbonyl (C=O) groups is 1. The van der Waals surface area contributed by atoms with Crippen molar-refractivity contribution in [1.82, 2.24) is 9.80 Å². The van der Waals surface area contributed by atoms with Gasteiger partial charge in [0.1, 0.15) is 5.75 Å². The Morgan fingerprint density at radius 2 is 1.96 bits per heavy atom. The predicted octanol–water partition coefficient (Wildman–Crippen LogP) is 1.54. The van der Waals surface area contributed by atoms with Gasteiger partial charge < -0.3 is 19.6 Å². The van der Waals surface area contributed by atoms with E-state index in [0.29, 0.717) is 6.42 Å². The van der Waals surface area contributed by atoms with Crippen LogP contribution in [0, 0.1) is 0 Å². The van der Waals surface area contributed by atoms with Crippen molar-refractivity contribution in [1.29, 1.82) is 0 Å². The fourth-order valence-corrected chi connectivity index (χ4v) is 2.94. The molecule has 0 saturated carbocycles. The number of hydrogen-bond acceptors (Lipinski definition) is 4. The maximum atomic E-state index is 12.4. The van der Waals surface area contributed by atoms with Gasteiger partial charge in [0.2, 0.25) is 5.91 Å². The number of ether oxygens (including phenoxy) is 1. The van der Waals surface area contributed by atoms with Crippen LogP contribution in [0.25, 0.3) is 0 Å². The third-order valence-corrected chi connectivity index (χ3v) is 4.36. The lowest BCUT2D eigenvalue weighted by Crippen LogP contribution is -2.35. The van der Waals surface area contributed by atoms with Gasteiger partial charge in [-0.3, -0.25) is 4.79 Å². The first-order valence-electron chi connectivity index (χ1n) is 8.47. The molecular weight excluding hydrogens is 292 g/mol. The van der Waals surface area contributed by atoms with Crippen LogP contribution in [0.5, 0.6) is 5.75 Å². The van der Waals surface area contributed by atoms with Gasteiger partial charge >= 0.3 is 0 Å². The van der Waals surface area contributed by atoms with Crippen LogP contribution in [0.1, 0.15) is 24.8 Å². The number of carbonyl (C=O) groups excluding carboxylic acids is 1. The molecule has 1 aromatic rings. The number of aliphatic hydroxyl groups is 1. The Morgan fingerprint density at radius 3 is 2.65 bits per heavy atom. The monoisotopic (exact) mass is 320 g/mol. The van der Waals surface area contributed by atoms with E-state index < -0.39 is 0 Å². The van der Waals surface area contributed by atoms with Gasteiger partial charge in [-0.2, -0.15) is 0 Å². The van der Waals surface area contributed by atoms with Crippen LogP contribution in [0.4, 0.5) is 0 Å². The summed E-state index contributed by atoms with van der Waals surface area (Å²) in [5.41, 5.74) is 1.17. The Kier molecular flexibility index (Phi) is 7.36. The van der Waals surface area contributed by atoms with Crippen molar-refractivity contribution in [2.75, 3.05) is 46.4 Å². The van der Waals surface area contributed by atoms with Gasteiger partial charge in [-0.05, 0) is 43.5 Å². The molecule has 0 spiro atoms. The maximum absolute atomic E-state index is 12.4. The van der Waals surface area contributed by atoms with E-state index in [0.717, 1.165) is 57.7 Å². The van der Waals surface area contributed by atoms with Crippen LogP contribution in [0.3, 0.4) is 0 Å². The highest BCUT2D eigenvalue weighted by atomic mass is 16.5. The second-order valence-corrected chi connectivity index (χ2v) is 6.00. The zero-order chi connectivity index (χ0) is 16.5. The minimum Gasteiger partial charge on any atom is -0.497 e. The number of methoxy groups -OCH3 is 1. The molecule has 1 aliphatic rings. The molecule has 1 aromatic carbocycles. The molecule has 1 fully saturated rings. The topological polar surface area (TPSA) is 53.0 Å². The average Bonchev–Trinajstić information content (AvgIpc) is 2.84. The second-order valence-electron chi connectivity index (χ2n) is 6.00. The van der Waals surface area contributed by atoms with E-state index in [2.05, 4.69) is 4.90 Å². The van der Waals surface area contributed by atoms with Crippen molar-refractivity contribution in [2.24, 2.45) is 0 Å². The molecule has 2 rings (SSSR count). The van der Waals surface area contributed by atoms with Crippen LogP contribution in [0.15, 0.2) is 24.3 Å². The SMILES string of the molecule is COc1ccc(CCC(=O)N2CCCN(CCCO)CC2)cc1. The summed E-state index contributed by atoms with van der Waals surface area (Å²) in [5, 5.41) is 8.92. The summed E-state index contributed by atoms with van der Waals surface area (Å²) in [6.07, 6.45) is 3.15. The molecule has 0 bridgehead atoms. The lowest BCUT2D eigenvalue weighted by Gasteiger charge is -2.22. The summed E-state index contributed by atoms with van der Waals surface area (Å²) in [4.78, 5) is 16.7. The van der Waals surface area contributed by atoms with E-state index in [-0.39, 0.29) is 12.5 Å². The maximum Gasteiger partial charge on any atom is 0.222 e. The van der Waals surface area contributed by atoms with Crippen LogP contribution in [0.2, 0.25) is 0 Å². The smallest absolute Gasteiger partial charge is 0.222 e.